The minimum absolute atomic E-state index is 0.134. The predicted molar refractivity (Wildman–Crippen MR) is 102 cm³/mol. The molecule has 0 N–H and O–H groups in total. The molecule has 3 rings (SSSR count). The highest BCUT2D eigenvalue weighted by Gasteiger charge is 2.13. The molecule has 0 aliphatic heterocycles. The Hall–Kier alpha value is -3.03. The van der Waals surface area contributed by atoms with Gasteiger partial charge in [-0.15, -0.1) is 0 Å². The van der Waals surface area contributed by atoms with Crippen molar-refractivity contribution >= 4 is 22.8 Å². The number of imidazole rings is 1. The van der Waals surface area contributed by atoms with Gasteiger partial charge >= 0.3 is 5.97 Å². The third kappa shape index (κ3) is 5.48. The third-order valence-corrected chi connectivity index (χ3v) is 4.13. The molecule has 3 aromatic rings. The minimum atomic E-state index is -0.735. The van der Waals surface area contributed by atoms with Crippen LogP contribution in [-0.2, 0) is 37.3 Å². The number of carbonyl (C=O) groups is 2. The number of aryl methyl sites for hydroxylation is 1. The maximum absolute atomic E-state index is 11.8. The first-order chi connectivity index (χ1) is 13.6. The molecular formula is C21H22N2O5. The van der Waals surface area contributed by atoms with Crippen LogP contribution < -0.4 is 0 Å². The van der Waals surface area contributed by atoms with Crippen molar-refractivity contribution in [2.75, 3.05) is 13.2 Å². The lowest BCUT2D eigenvalue weighted by molar-refractivity contribution is -0.279. The molecule has 7 heteroatoms. The van der Waals surface area contributed by atoms with E-state index in [1.54, 1.807) is 0 Å². The molecule has 28 heavy (non-hydrogen) atoms. The van der Waals surface area contributed by atoms with Gasteiger partial charge in [-0.25, -0.2) is 9.78 Å². The lowest BCUT2D eigenvalue weighted by Crippen LogP contribution is -2.18. The van der Waals surface area contributed by atoms with Crippen LogP contribution in [0.1, 0.15) is 17.8 Å². The second-order valence-corrected chi connectivity index (χ2v) is 6.27. The SMILES string of the molecule is Cc1nc2ccccc2n1CCOCC(=O)CC(=O)OOCc1ccccc1. The van der Waals surface area contributed by atoms with Crippen LogP contribution in [0.4, 0.5) is 0 Å². The van der Waals surface area contributed by atoms with E-state index in [1.807, 2.05) is 66.1 Å². The Morgan fingerprint density at radius 2 is 1.79 bits per heavy atom. The lowest BCUT2D eigenvalue weighted by Gasteiger charge is -2.08. The highest BCUT2D eigenvalue weighted by Crippen LogP contribution is 2.15. The van der Waals surface area contributed by atoms with Gasteiger partial charge in [-0.1, -0.05) is 42.5 Å². The summed E-state index contributed by atoms with van der Waals surface area (Å²) in [4.78, 5) is 37.4. The van der Waals surface area contributed by atoms with Crippen molar-refractivity contribution in [2.24, 2.45) is 0 Å². The van der Waals surface area contributed by atoms with Crippen molar-refractivity contribution in [1.82, 2.24) is 9.55 Å². The third-order valence-electron chi connectivity index (χ3n) is 4.13. The number of hydrogen-bond donors (Lipinski definition) is 0. The molecule has 1 aromatic heterocycles. The fourth-order valence-electron chi connectivity index (χ4n) is 2.80. The van der Waals surface area contributed by atoms with Gasteiger partial charge in [-0.05, 0) is 24.6 Å². The molecule has 0 unspecified atom stereocenters. The van der Waals surface area contributed by atoms with Crippen molar-refractivity contribution in [2.45, 2.75) is 26.5 Å². The maximum Gasteiger partial charge on any atom is 0.349 e. The van der Waals surface area contributed by atoms with Gasteiger partial charge in [0, 0.05) is 6.54 Å². The Morgan fingerprint density at radius 1 is 1.04 bits per heavy atom. The number of ketones is 1. The average Bonchev–Trinajstić information content (AvgIpc) is 3.01. The second kappa shape index (κ2) is 9.77. The van der Waals surface area contributed by atoms with E-state index in [0.29, 0.717) is 13.2 Å². The van der Waals surface area contributed by atoms with Gasteiger partial charge < -0.3 is 9.30 Å². The number of fused-ring (bicyclic) bond motifs is 1. The number of ether oxygens (including phenoxy) is 1. The molecule has 0 radical (unpaired) electrons. The topological polar surface area (TPSA) is 79.7 Å². The smallest absolute Gasteiger partial charge is 0.349 e. The van der Waals surface area contributed by atoms with Crippen LogP contribution in [0.15, 0.2) is 54.6 Å². The molecule has 0 aliphatic rings. The fourth-order valence-corrected chi connectivity index (χ4v) is 2.80. The summed E-state index contributed by atoms with van der Waals surface area (Å²) in [5, 5.41) is 0. The first-order valence-corrected chi connectivity index (χ1v) is 9.01. The second-order valence-electron chi connectivity index (χ2n) is 6.27. The van der Waals surface area contributed by atoms with E-state index in [-0.39, 0.29) is 25.4 Å². The van der Waals surface area contributed by atoms with E-state index >= 15 is 0 Å². The summed E-state index contributed by atoms with van der Waals surface area (Å²) >= 11 is 0. The van der Waals surface area contributed by atoms with E-state index in [4.69, 9.17) is 9.62 Å². The van der Waals surface area contributed by atoms with Crippen LogP contribution in [0.25, 0.3) is 11.0 Å². The number of benzene rings is 2. The largest absolute Gasteiger partial charge is 0.372 e. The standard InChI is InChI=1S/C21H22N2O5/c1-16-22-19-9-5-6-10-20(19)23(16)11-12-26-15-18(24)13-21(25)28-27-14-17-7-3-2-4-8-17/h2-10H,11-15H2,1H3. The first-order valence-electron chi connectivity index (χ1n) is 9.01. The minimum Gasteiger partial charge on any atom is -0.372 e. The van der Waals surface area contributed by atoms with Crippen molar-refractivity contribution in [1.29, 1.82) is 0 Å². The Kier molecular flexibility index (Phi) is 6.89. The summed E-state index contributed by atoms with van der Waals surface area (Å²) in [5.74, 6) is -0.211. The highest BCUT2D eigenvalue weighted by atomic mass is 17.2. The van der Waals surface area contributed by atoms with Crippen molar-refractivity contribution in [3.8, 4) is 0 Å². The molecular weight excluding hydrogens is 360 g/mol. The van der Waals surface area contributed by atoms with Gasteiger partial charge in [0.05, 0.1) is 17.6 Å². The Morgan fingerprint density at radius 3 is 2.61 bits per heavy atom. The van der Waals surface area contributed by atoms with Crippen LogP contribution in [0.2, 0.25) is 0 Å². The molecule has 0 atom stereocenters. The van der Waals surface area contributed by atoms with Crippen LogP contribution in [0.3, 0.4) is 0 Å². The quantitative estimate of drug-likeness (QED) is 0.232. The van der Waals surface area contributed by atoms with Crippen LogP contribution in [0, 0.1) is 6.92 Å². The summed E-state index contributed by atoms with van der Waals surface area (Å²) in [6.07, 6.45) is -0.387. The van der Waals surface area contributed by atoms with Gasteiger partial charge in [0.1, 0.15) is 25.5 Å². The maximum atomic E-state index is 11.8. The van der Waals surface area contributed by atoms with Crippen LogP contribution in [0.5, 0.6) is 0 Å². The number of rotatable bonds is 10. The molecule has 0 aliphatic carbocycles. The van der Waals surface area contributed by atoms with Gasteiger partial charge in [0.2, 0.25) is 0 Å². The van der Waals surface area contributed by atoms with Gasteiger partial charge in [-0.3, -0.25) is 9.68 Å². The number of Topliss-reactive ketones (excluding diaryl/α,β-unsaturated/α-hetero) is 1. The Bertz CT molecular complexity index is 936. The first kappa shape index (κ1) is 19.7. The molecule has 1 heterocycles. The van der Waals surface area contributed by atoms with E-state index < -0.39 is 5.97 Å². The Labute approximate surface area is 162 Å². The van der Waals surface area contributed by atoms with Gasteiger partial charge in [0.15, 0.2) is 5.78 Å². The average molecular weight is 382 g/mol. The summed E-state index contributed by atoms with van der Waals surface area (Å²) in [5.41, 5.74) is 2.82. The summed E-state index contributed by atoms with van der Waals surface area (Å²) in [6.45, 7) is 2.82. The Balaban J connectivity index is 1.34. The number of nitrogens with zero attached hydrogens (tertiary/aromatic N) is 2. The fraction of sp³-hybridized carbons (Fsp3) is 0.286. The molecule has 146 valence electrons. The molecule has 0 bridgehead atoms. The lowest BCUT2D eigenvalue weighted by atomic mass is 10.2. The van der Waals surface area contributed by atoms with E-state index in [1.165, 1.54) is 0 Å². The van der Waals surface area contributed by atoms with E-state index in [0.717, 1.165) is 22.4 Å². The number of hydrogen-bond acceptors (Lipinski definition) is 6. The van der Waals surface area contributed by atoms with Crippen molar-refractivity contribution < 1.29 is 24.1 Å². The van der Waals surface area contributed by atoms with E-state index in [2.05, 4.69) is 9.87 Å². The monoisotopic (exact) mass is 382 g/mol. The number of aromatic nitrogens is 2. The summed E-state index contributed by atoms with van der Waals surface area (Å²) in [6, 6.07) is 17.1. The molecule has 0 spiro atoms. The molecule has 2 aromatic carbocycles. The summed E-state index contributed by atoms with van der Waals surface area (Å²) < 4.78 is 7.43. The normalized spacial score (nSPS) is 10.9. The molecule has 0 saturated carbocycles. The van der Waals surface area contributed by atoms with Gasteiger partial charge in [-0.2, -0.15) is 4.89 Å². The number of carbonyl (C=O) groups excluding carboxylic acids is 2. The molecule has 0 amide bonds. The van der Waals surface area contributed by atoms with Crippen molar-refractivity contribution in [3.63, 3.8) is 0 Å². The molecule has 7 nitrogen and oxygen atoms in total. The van der Waals surface area contributed by atoms with Crippen molar-refractivity contribution in [3.05, 3.63) is 66.0 Å². The zero-order valence-electron chi connectivity index (χ0n) is 15.7. The number of para-hydroxylation sites is 2. The van der Waals surface area contributed by atoms with Crippen LogP contribution >= 0.6 is 0 Å². The summed E-state index contributed by atoms with van der Waals surface area (Å²) in [7, 11) is 0. The highest BCUT2D eigenvalue weighted by molar-refractivity contribution is 5.96. The zero-order valence-corrected chi connectivity index (χ0v) is 15.7. The predicted octanol–water partition coefficient (Wildman–Crippen LogP) is 3.00. The zero-order chi connectivity index (χ0) is 19.8. The molecule has 0 saturated heterocycles. The van der Waals surface area contributed by atoms with E-state index in [9.17, 15) is 9.59 Å². The van der Waals surface area contributed by atoms with Crippen LogP contribution in [-0.4, -0.2) is 34.5 Å². The molecule has 0 fully saturated rings. The van der Waals surface area contributed by atoms with Gasteiger partial charge in [0.25, 0.3) is 0 Å².